The number of ether oxygens (including phenoxy) is 1. The van der Waals surface area contributed by atoms with E-state index in [1.54, 1.807) is 0 Å². The molecule has 36 heavy (non-hydrogen) atoms. The molecule has 0 aliphatic carbocycles. The van der Waals surface area contributed by atoms with Crippen molar-refractivity contribution in [3.8, 4) is 0 Å². The SMILES string of the molecule is CCCCCCCCCCCCCCCC(OC(=O)CCCCCCCCCCCCC)C(=O)O.[Ca+2].[H-].[H-]. The number of rotatable bonds is 28. The van der Waals surface area contributed by atoms with Crippen LogP contribution in [0.4, 0.5) is 0 Å². The zero-order valence-electron chi connectivity index (χ0n) is 26.3. The minimum Gasteiger partial charge on any atom is -1.00 e. The molecule has 0 aliphatic heterocycles. The predicted octanol–water partition coefficient (Wildman–Crippen LogP) is 10.0. The molecule has 0 heterocycles. The quantitative estimate of drug-likeness (QED) is 0.0611. The Balaban J connectivity index is -0.00000193. The summed E-state index contributed by atoms with van der Waals surface area (Å²) in [4.78, 5) is 23.5. The number of carboxylic acids is 1. The van der Waals surface area contributed by atoms with Crippen LogP contribution < -0.4 is 0 Å². The Morgan fingerprint density at radius 2 is 0.861 bits per heavy atom. The fraction of sp³-hybridized carbons (Fsp3) is 0.935. The third kappa shape index (κ3) is 28.8. The molecule has 0 aliphatic rings. The molecule has 0 radical (unpaired) electrons. The summed E-state index contributed by atoms with van der Waals surface area (Å²) < 4.78 is 5.27. The van der Waals surface area contributed by atoms with Crippen LogP contribution in [0.2, 0.25) is 0 Å². The molecule has 1 unspecified atom stereocenters. The van der Waals surface area contributed by atoms with E-state index < -0.39 is 12.1 Å². The standard InChI is InChI=1S/C31H60O4.Ca.2H/c1-3-5-7-9-11-13-15-16-18-19-21-23-25-27-29(31(33)34)35-30(32)28-26-24-22-20-17-14-12-10-8-6-4-2;;;/h29H,3-28H2,1-2H3,(H,33,34);;;/q;+2;2*-1. The second-order valence-electron chi connectivity index (χ2n) is 10.6. The molecule has 0 spiro atoms. The van der Waals surface area contributed by atoms with Crippen molar-refractivity contribution in [1.29, 1.82) is 0 Å². The Hall–Kier alpha value is 0.200. The molecule has 1 N–H and O–H groups in total. The van der Waals surface area contributed by atoms with Gasteiger partial charge in [0.1, 0.15) is 0 Å². The molecule has 0 bridgehead atoms. The van der Waals surface area contributed by atoms with Gasteiger partial charge < -0.3 is 12.7 Å². The van der Waals surface area contributed by atoms with Gasteiger partial charge in [0.25, 0.3) is 0 Å². The van der Waals surface area contributed by atoms with E-state index in [4.69, 9.17) is 4.74 Å². The fourth-order valence-electron chi connectivity index (χ4n) is 4.73. The first-order chi connectivity index (χ1) is 17.1. The van der Waals surface area contributed by atoms with Gasteiger partial charge in [0.05, 0.1) is 0 Å². The molecular formula is C31H62CaO4. The summed E-state index contributed by atoms with van der Waals surface area (Å²) in [5.74, 6) is -1.35. The van der Waals surface area contributed by atoms with Crippen LogP contribution in [0.1, 0.15) is 184 Å². The number of unbranched alkanes of at least 4 members (excludes halogenated alkanes) is 22. The van der Waals surface area contributed by atoms with E-state index in [0.717, 1.165) is 38.5 Å². The molecule has 4 nitrogen and oxygen atoms in total. The van der Waals surface area contributed by atoms with Crippen molar-refractivity contribution in [1.82, 2.24) is 0 Å². The Labute approximate surface area is 257 Å². The Kier molecular flexibility index (Phi) is 33.5. The van der Waals surface area contributed by atoms with Crippen LogP contribution in [0.15, 0.2) is 0 Å². The van der Waals surface area contributed by atoms with Crippen LogP contribution in [-0.2, 0) is 14.3 Å². The molecule has 0 aromatic carbocycles. The zero-order valence-corrected chi connectivity index (χ0v) is 26.5. The third-order valence-corrected chi connectivity index (χ3v) is 7.10. The number of esters is 1. The van der Waals surface area contributed by atoms with Crippen molar-refractivity contribution < 1.29 is 22.3 Å². The molecule has 1 atom stereocenters. The molecule has 0 rings (SSSR count). The van der Waals surface area contributed by atoms with Crippen molar-refractivity contribution in [2.24, 2.45) is 0 Å². The molecular weight excluding hydrogens is 476 g/mol. The molecule has 0 saturated heterocycles. The van der Waals surface area contributed by atoms with E-state index in [-0.39, 0.29) is 46.6 Å². The van der Waals surface area contributed by atoms with E-state index in [1.165, 1.54) is 116 Å². The van der Waals surface area contributed by atoms with Gasteiger partial charge >= 0.3 is 49.7 Å². The minimum absolute atomic E-state index is 0. The largest absolute Gasteiger partial charge is 2.00 e. The van der Waals surface area contributed by atoms with E-state index in [0.29, 0.717) is 12.8 Å². The minimum atomic E-state index is -1.00. The van der Waals surface area contributed by atoms with Crippen molar-refractivity contribution in [3.63, 3.8) is 0 Å². The van der Waals surface area contributed by atoms with Crippen LogP contribution in [0.3, 0.4) is 0 Å². The van der Waals surface area contributed by atoms with Crippen molar-refractivity contribution in [3.05, 3.63) is 0 Å². The second kappa shape index (κ2) is 31.4. The molecule has 0 aromatic rings. The van der Waals surface area contributed by atoms with Crippen LogP contribution in [0, 0.1) is 0 Å². The van der Waals surface area contributed by atoms with E-state index in [9.17, 15) is 14.7 Å². The first-order valence-corrected chi connectivity index (χ1v) is 15.5. The van der Waals surface area contributed by atoms with Gasteiger partial charge in [-0.15, -0.1) is 0 Å². The second-order valence-corrected chi connectivity index (χ2v) is 10.6. The molecule has 0 fully saturated rings. The zero-order chi connectivity index (χ0) is 25.8. The molecule has 0 saturated carbocycles. The maximum absolute atomic E-state index is 12.1. The van der Waals surface area contributed by atoms with Gasteiger partial charge in [0.2, 0.25) is 0 Å². The Morgan fingerprint density at radius 3 is 1.19 bits per heavy atom. The van der Waals surface area contributed by atoms with Gasteiger partial charge in [-0.25, -0.2) is 4.79 Å². The number of carbonyl (C=O) groups excluding carboxylic acids is 1. The Bertz CT molecular complexity index is 481. The number of hydrogen-bond donors (Lipinski definition) is 1. The monoisotopic (exact) mass is 538 g/mol. The third-order valence-electron chi connectivity index (χ3n) is 7.10. The normalized spacial score (nSPS) is 11.7. The molecule has 0 amide bonds. The van der Waals surface area contributed by atoms with E-state index in [1.807, 2.05) is 0 Å². The first kappa shape index (κ1) is 38.3. The van der Waals surface area contributed by atoms with Gasteiger partial charge in [0.15, 0.2) is 6.10 Å². The maximum Gasteiger partial charge on any atom is 2.00 e. The Morgan fingerprint density at radius 1 is 0.556 bits per heavy atom. The summed E-state index contributed by atoms with van der Waals surface area (Å²) in [6, 6.07) is 0. The summed E-state index contributed by atoms with van der Waals surface area (Å²) >= 11 is 0. The van der Waals surface area contributed by atoms with Crippen LogP contribution >= 0.6 is 0 Å². The van der Waals surface area contributed by atoms with Crippen molar-refractivity contribution >= 4 is 49.7 Å². The molecule has 5 heteroatoms. The predicted molar refractivity (Wildman–Crippen MR) is 157 cm³/mol. The van der Waals surface area contributed by atoms with E-state index in [2.05, 4.69) is 13.8 Å². The van der Waals surface area contributed by atoms with Gasteiger partial charge in [0, 0.05) is 6.42 Å². The van der Waals surface area contributed by atoms with Gasteiger partial charge in [-0.1, -0.05) is 155 Å². The summed E-state index contributed by atoms with van der Waals surface area (Å²) in [5.41, 5.74) is 0. The smallest absolute Gasteiger partial charge is 1.00 e. The average molecular weight is 539 g/mol. The first-order valence-electron chi connectivity index (χ1n) is 15.5. The fourth-order valence-corrected chi connectivity index (χ4v) is 4.73. The van der Waals surface area contributed by atoms with Gasteiger partial charge in [-0.3, -0.25) is 4.79 Å². The van der Waals surface area contributed by atoms with Gasteiger partial charge in [-0.2, -0.15) is 0 Å². The number of carbonyl (C=O) groups is 2. The summed E-state index contributed by atoms with van der Waals surface area (Å²) in [6.45, 7) is 4.51. The number of carboxylic acid groups (broad SMARTS) is 1. The maximum atomic E-state index is 12.1. The average Bonchev–Trinajstić information content (AvgIpc) is 2.84. The van der Waals surface area contributed by atoms with Crippen molar-refractivity contribution in [2.45, 2.75) is 187 Å². The van der Waals surface area contributed by atoms with Crippen LogP contribution in [0.25, 0.3) is 0 Å². The summed E-state index contributed by atoms with van der Waals surface area (Å²) in [6.07, 6.45) is 29.8. The van der Waals surface area contributed by atoms with E-state index >= 15 is 0 Å². The number of aliphatic carboxylic acids is 1. The summed E-state index contributed by atoms with van der Waals surface area (Å²) in [5, 5.41) is 9.40. The van der Waals surface area contributed by atoms with Gasteiger partial charge in [-0.05, 0) is 19.3 Å². The van der Waals surface area contributed by atoms with Crippen LogP contribution in [-0.4, -0.2) is 60.9 Å². The topological polar surface area (TPSA) is 63.6 Å². The van der Waals surface area contributed by atoms with Crippen molar-refractivity contribution in [2.75, 3.05) is 0 Å². The molecule has 0 aromatic heterocycles. The number of hydrogen-bond acceptors (Lipinski definition) is 3. The summed E-state index contributed by atoms with van der Waals surface area (Å²) in [7, 11) is 0. The molecule has 212 valence electrons. The van der Waals surface area contributed by atoms with Crippen LogP contribution in [0.5, 0.6) is 0 Å².